The van der Waals surface area contributed by atoms with Gasteiger partial charge in [-0.15, -0.1) is 0 Å². The van der Waals surface area contributed by atoms with Crippen LogP contribution in [0.25, 0.3) is 0 Å². The van der Waals surface area contributed by atoms with Crippen molar-refractivity contribution in [3.8, 4) is 0 Å². The number of hydrogen-bond donors (Lipinski definition) is 2. The van der Waals surface area contributed by atoms with Crippen LogP contribution in [-0.2, 0) is 4.79 Å². The fourth-order valence-electron chi connectivity index (χ4n) is 3.37. The maximum atomic E-state index is 12.5. The topological polar surface area (TPSA) is 61.4 Å². The molecule has 118 valence electrons. The van der Waals surface area contributed by atoms with Crippen molar-refractivity contribution in [1.29, 1.82) is 0 Å². The summed E-state index contributed by atoms with van der Waals surface area (Å²) in [5, 5.41) is 6.30. The lowest BCUT2D eigenvalue weighted by atomic mass is 9.82. The summed E-state index contributed by atoms with van der Waals surface area (Å²) in [5.74, 6) is 0.0155. The van der Waals surface area contributed by atoms with Gasteiger partial charge in [-0.3, -0.25) is 9.69 Å². The maximum absolute atomic E-state index is 12.5. The normalized spacial score (nSPS) is 24.6. The highest BCUT2D eigenvalue weighted by Crippen LogP contribution is 2.29. The van der Waals surface area contributed by atoms with Gasteiger partial charge in [0.05, 0.1) is 5.92 Å². The Balaban J connectivity index is 1.49. The Labute approximate surface area is 131 Å². The molecule has 5 nitrogen and oxygen atoms in total. The number of amides is 3. The van der Waals surface area contributed by atoms with E-state index in [0.29, 0.717) is 6.54 Å². The van der Waals surface area contributed by atoms with E-state index in [9.17, 15) is 9.59 Å². The van der Waals surface area contributed by atoms with Crippen LogP contribution in [0.1, 0.15) is 32.1 Å². The Hall–Kier alpha value is -2.04. The molecule has 1 aromatic carbocycles. The number of benzene rings is 1. The molecule has 1 aliphatic carbocycles. The second kappa shape index (κ2) is 6.81. The number of fused-ring (bicyclic) bond motifs is 1. The van der Waals surface area contributed by atoms with E-state index >= 15 is 0 Å². The molecule has 1 aliphatic heterocycles. The lowest BCUT2D eigenvalue weighted by Gasteiger charge is -2.40. The van der Waals surface area contributed by atoms with Gasteiger partial charge < -0.3 is 10.6 Å². The number of anilines is 1. The summed E-state index contributed by atoms with van der Waals surface area (Å²) in [6.07, 6.45) is 4.79. The molecule has 2 N–H and O–H groups in total. The second-order valence-corrected chi connectivity index (χ2v) is 6.08. The third-order valence-electron chi connectivity index (χ3n) is 4.56. The van der Waals surface area contributed by atoms with Crippen LogP contribution < -0.4 is 10.6 Å². The minimum absolute atomic E-state index is 0.00599. The molecule has 3 rings (SSSR count). The van der Waals surface area contributed by atoms with Gasteiger partial charge in [0.25, 0.3) is 0 Å². The van der Waals surface area contributed by atoms with E-state index < -0.39 is 0 Å². The Morgan fingerprint density at radius 2 is 1.91 bits per heavy atom. The average Bonchev–Trinajstić information content (AvgIpc) is 2.55. The summed E-state index contributed by atoms with van der Waals surface area (Å²) in [7, 11) is 0. The Morgan fingerprint density at radius 3 is 2.73 bits per heavy atom. The van der Waals surface area contributed by atoms with Crippen molar-refractivity contribution >= 4 is 17.6 Å². The third kappa shape index (κ3) is 3.24. The summed E-state index contributed by atoms with van der Waals surface area (Å²) in [6, 6.07) is 9.79. The lowest BCUT2D eigenvalue weighted by Crippen LogP contribution is -2.60. The van der Waals surface area contributed by atoms with E-state index in [1.807, 2.05) is 30.3 Å². The Bertz CT molecular complexity index is 532. The van der Waals surface area contributed by atoms with Crippen LogP contribution in [0, 0.1) is 5.92 Å². The van der Waals surface area contributed by atoms with Crippen molar-refractivity contribution in [3.63, 3.8) is 0 Å². The summed E-state index contributed by atoms with van der Waals surface area (Å²) >= 11 is 0. The van der Waals surface area contributed by atoms with Gasteiger partial charge in [-0.1, -0.05) is 31.0 Å². The number of rotatable bonds is 5. The van der Waals surface area contributed by atoms with E-state index in [2.05, 4.69) is 10.6 Å². The van der Waals surface area contributed by atoms with Gasteiger partial charge in [0.1, 0.15) is 0 Å². The summed E-state index contributed by atoms with van der Waals surface area (Å²) < 4.78 is 0. The molecule has 1 heterocycles. The molecular weight excluding hydrogens is 278 g/mol. The molecule has 0 spiro atoms. The zero-order valence-electron chi connectivity index (χ0n) is 12.8. The SMILES string of the molecule is O=C1NC2CCCCC2C(=O)N1CCCNc1ccccc1. The predicted molar refractivity (Wildman–Crippen MR) is 85.5 cm³/mol. The molecular formula is C17H23N3O2. The van der Waals surface area contributed by atoms with Crippen LogP contribution >= 0.6 is 0 Å². The van der Waals surface area contributed by atoms with Gasteiger partial charge in [-0.2, -0.15) is 0 Å². The fraction of sp³-hybridized carbons (Fsp3) is 0.529. The molecule has 0 bridgehead atoms. The Morgan fingerprint density at radius 1 is 1.14 bits per heavy atom. The molecule has 1 aromatic rings. The van der Waals surface area contributed by atoms with Crippen LogP contribution in [0.5, 0.6) is 0 Å². The van der Waals surface area contributed by atoms with Crippen molar-refractivity contribution in [3.05, 3.63) is 30.3 Å². The number of hydrogen-bond acceptors (Lipinski definition) is 3. The molecule has 0 radical (unpaired) electrons. The minimum atomic E-state index is -0.215. The highest BCUT2D eigenvalue weighted by Gasteiger charge is 2.41. The van der Waals surface area contributed by atoms with E-state index in [1.165, 1.54) is 4.90 Å². The first kappa shape index (κ1) is 14.9. The highest BCUT2D eigenvalue weighted by molar-refractivity contribution is 5.98. The number of nitrogens with zero attached hydrogens (tertiary/aromatic N) is 1. The van der Waals surface area contributed by atoms with Crippen LogP contribution in [0.3, 0.4) is 0 Å². The Kier molecular flexibility index (Phi) is 4.61. The molecule has 2 unspecified atom stereocenters. The summed E-state index contributed by atoms with van der Waals surface area (Å²) in [6.45, 7) is 1.23. The van der Waals surface area contributed by atoms with Crippen molar-refractivity contribution in [2.24, 2.45) is 5.92 Å². The summed E-state index contributed by atoms with van der Waals surface area (Å²) in [5.41, 5.74) is 1.06. The average molecular weight is 301 g/mol. The van der Waals surface area contributed by atoms with Crippen molar-refractivity contribution in [1.82, 2.24) is 10.2 Å². The second-order valence-electron chi connectivity index (χ2n) is 6.08. The van der Waals surface area contributed by atoms with Gasteiger partial charge in [-0.25, -0.2) is 4.79 Å². The van der Waals surface area contributed by atoms with E-state index in [1.54, 1.807) is 0 Å². The standard InChI is InChI=1S/C17H23N3O2/c21-16-14-9-4-5-10-15(14)19-17(22)20(16)12-6-11-18-13-7-2-1-3-8-13/h1-3,7-8,14-15,18H,4-6,9-12H2,(H,19,22). The molecule has 1 saturated heterocycles. The minimum Gasteiger partial charge on any atom is -0.385 e. The molecule has 5 heteroatoms. The zero-order chi connectivity index (χ0) is 15.4. The van der Waals surface area contributed by atoms with E-state index in [-0.39, 0.29) is 23.9 Å². The number of carbonyl (C=O) groups excluding carboxylic acids is 2. The van der Waals surface area contributed by atoms with Gasteiger partial charge in [0.15, 0.2) is 0 Å². The van der Waals surface area contributed by atoms with Crippen molar-refractivity contribution < 1.29 is 9.59 Å². The number of carbonyl (C=O) groups is 2. The van der Waals surface area contributed by atoms with Gasteiger partial charge in [0, 0.05) is 24.8 Å². The number of para-hydroxylation sites is 1. The number of imide groups is 1. The maximum Gasteiger partial charge on any atom is 0.324 e. The molecule has 2 atom stereocenters. The zero-order valence-corrected chi connectivity index (χ0v) is 12.8. The van der Waals surface area contributed by atoms with Gasteiger partial charge in [0.2, 0.25) is 5.91 Å². The molecule has 1 saturated carbocycles. The largest absolute Gasteiger partial charge is 0.385 e. The smallest absolute Gasteiger partial charge is 0.324 e. The number of urea groups is 1. The molecule has 2 fully saturated rings. The fourth-order valence-corrected chi connectivity index (χ4v) is 3.37. The first-order chi connectivity index (χ1) is 10.8. The van der Waals surface area contributed by atoms with Crippen LogP contribution in [0.2, 0.25) is 0 Å². The van der Waals surface area contributed by atoms with E-state index in [0.717, 1.165) is 44.3 Å². The quantitative estimate of drug-likeness (QED) is 0.822. The van der Waals surface area contributed by atoms with Crippen LogP contribution in [0.15, 0.2) is 30.3 Å². The molecule has 0 aromatic heterocycles. The third-order valence-corrected chi connectivity index (χ3v) is 4.56. The molecule has 3 amide bonds. The predicted octanol–water partition coefficient (Wildman–Crippen LogP) is 2.60. The lowest BCUT2D eigenvalue weighted by molar-refractivity contribution is -0.136. The summed E-state index contributed by atoms with van der Waals surface area (Å²) in [4.78, 5) is 26.0. The first-order valence-electron chi connectivity index (χ1n) is 8.16. The first-order valence-corrected chi connectivity index (χ1v) is 8.16. The van der Waals surface area contributed by atoms with Gasteiger partial charge >= 0.3 is 6.03 Å². The highest BCUT2D eigenvalue weighted by atomic mass is 16.2. The number of nitrogens with one attached hydrogen (secondary N) is 2. The van der Waals surface area contributed by atoms with E-state index in [4.69, 9.17) is 0 Å². The molecule has 2 aliphatic rings. The monoisotopic (exact) mass is 301 g/mol. The van der Waals surface area contributed by atoms with Crippen LogP contribution in [0.4, 0.5) is 10.5 Å². The van der Waals surface area contributed by atoms with Crippen molar-refractivity contribution in [2.45, 2.75) is 38.1 Å². The van der Waals surface area contributed by atoms with Crippen molar-refractivity contribution in [2.75, 3.05) is 18.4 Å². The molecule has 22 heavy (non-hydrogen) atoms. The van der Waals surface area contributed by atoms with Gasteiger partial charge in [-0.05, 0) is 31.4 Å². The van der Waals surface area contributed by atoms with Crippen LogP contribution in [-0.4, -0.2) is 36.0 Å².